The lowest BCUT2D eigenvalue weighted by molar-refractivity contribution is 0.160. The SMILES string of the molecule is c1cnn(-c2cnc(-c3ccc4[nH]cc(-c5cncc(O[C@@H]6CCCNC6)n5)c4c3)cn2)c1. The van der Waals surface area contributed by atoms with Gasteiger partial charge in [0.2, 0.25) is 5.88 Å². The third kappa shape index (κ3) is 3.94. The second-order valence-electron chi connectivity index (χ2n) is 8.00. The van der Waals surface area contributed by atoms with E-state index in [0.717, 1.165) is 59.3 Å². The number of aromatic amines is 1. The standard InChI is InChI=1S/C24H22N8O/c1-3-17(10-25-6-1)33-24-15-26-12-22(31-24)19-11-27-20-5-4-16(9-18(19)20)21-13-29-23(14-28-21)32-8-2-7-30-32/h2,4-5,7-9,11-15,17,25,27H,1,3,6,10H2/t17-/m1/s1. The summed E-state index contributed by atoms with van der Waals surface area (Å²) in [7, 11) is 0. The Morgan fingerprint density at radius 1 is 1.06 bits per heavy atom. The largest absolute Gasteiger partial charge is 0.472 e. The van der Waals surface area contributed by atoms with Gasteiger partial charge in [0.15, 0.2) is 5.82 Å². The first-order valence-corrected chi connectivity index (χ1v) is 11.0. The van der Waals surface area contributed by atoms with Crippen LogP contribution in [0.25, 0.3) is 39.2 Å². The molecule has 1 aliphatic heterocycles. The summed E-state index contributed by atoms with van der Waals surface area (Å²) in [5.41, 5.74) is 4.50. The van der Waals surface area contributed by atoms with Crippen LogP contribution in [0, 0.1) is 0 Å². The smallest absolute Gasteiger partial charge is 0.233 e. The second kappa shape index (κ2) is 8.44. The maximum atomic E-state index is 6.07. The number of H-pyrrole nitrogens is 1. The lowest BCUT2D eigenvalue weighted by Crippen LogP contribution is -2.37. The Balaban J connectivity index is 1.31. The number of nitrogens with one attached hydrogen (secondary N) is 2. The fourth-order valence-corrected chi connectivity index (χ4v) is 4.11. The fourth-order valence-electron chi connectivity index (χ4n) is 4.11. The number of nitrogens with zero attached hydrogens (tertiary/aromatic N) is 6. The number of hydrogen-bond acceptors (Lipinski definition) is 7. The average Bonchev–Trinajstić information content (AvgIpc) is 3.55. The minimum atomic E-state index is 0.126. The molecular formula is C24H22N8O. The summed E-state index contributed by atoms with van der Waals surface area (Å²) in [6.07, 6.45) is 14.7. The summed E-state index contributed by atoms with van der Waals surface area (Å²) in [4.78, 5) is 21.5. The first-order chi connectivity index (χ1) is 16.3. The maximum Gasteiger partial charge on any atom is 0.233 e. The Kier molecular flexibility index (Phi) is 5.00. The summed E-state index contributed by atoms with van der Waals surface area (Å²) in [5.74, 6) is 1.22. The third-order valence-corrected chi connectivity index (χ3v) is 5.78. The zero-order valence-corrected chi connectivity index (χ0v) is 17.8. The molecule has 9 heteroatoms. The van der Waals surface area contributed by atoms with Gasteiger partial charge in [-0.05, 0) is 37.6 Å². The monoisotopic (exact) mass is 438 g/mol. The van der Waals surface area contributed by atoms with Crippen LogP contribution in [0.5, 0.6) is 5.88 Å². The van der Waals surface area contributed by atoms with Crippen molar-refractivity contribution in [2.45, 2.75) is 18.9 Å². The van der Waals surface area contributed by atoms with E-state index in [1.807, 2.05) is 30.6 Å². The Labute approximate surface area is 189 Å². The molecular weight excluding hydrogens is 416 g/mol. The van der Waals surface area contributed by atoms with Gasteiger partial charge in [-0.2, -0.15) is 5.10 Å². The van der Waals surface area contributed by atoms with Crippen LogP contribution in [0.2, 0.25) is 0 Å². The van der Waals surface area contributed by atoms with Gasteiger partial charge in [0, 0.05) is 47.2 Å². The quantitative estimate of drug-likeness (QED) is 0.433. The molecule has 164 valence electrons. The zero-order chi connectivity index (χ0) is 22.0. The van der Waals surface area contributed by atoms with Crippen molar-refractivity contribution in [1.82, 2.24) is 40.0 Å². The predicted octanol–water partition coefficient (Wildman–Crippen LogP) is 3.40. The molecule has 5 aromatic rings. The van der Waals surface area contributed by atoms with Crippen molar-refractivity contribution in [2.24, 2.45) is 0 Å². The van der Waals surface area contributed by atoms with E-state index < -0.39 is 0 Å². The van der Waals surface area contributed by atoms with E-state index in [1.54, 1.807) is 35.7 Å². The number of ether oxygens (including phenoxy) is 1. The Morgan fingerprint density at radius 2 is 2.06 bits per heavy atom. The van der Waals surface area contributed by atoms with Crippen molar-refractivity contribution in [3.8, 4) is 34.2 Å². The Bertz CT molecular complexity index is 1370. The number of piperidine rings is 1. The minimum absolute atomic E-state index is 0.126. The molecule has 1 fully saturated rings. The normalized spacial score (nSPS) is 16.2. The van der Waals surface area contributed by atoms with Crippen molar-refractivity contribution in [1.29, 1.82) is 0 Å². The lowest BCUT2D eigenvalue weighted by Gasteiger charge is -2.23. The van der Waals surface area contributed by atoms with Crippen LogP contribution in [0.1, 0.15) is 12.8 Å². The molecule has 33 heavy (non-hydrogen) atoms. The van der Waals surface area contributed by atoms with Crippen molar-refractivity contribution in [2.75, 3.05) is 13.1 Å². The van der Waals surface area contributed by atoms with Gasteiger partial charge in [-0.25, -0.2) is 14.6 Å². The van der Waals surface area contributed by atoms with Crippen LogP contribution in [0.4, 0.5) is 0 Å². The van der Waals surface area contributed by atoms with E-state index in [1.165, 1.54) is 0 Å². The highest BCUT2D eigenvalue weighted by molar-refractivity contribution is 5.96. The second-order valence-corrected chi connectivity index (χ2v) is 8.00. The van der Waals surface area contributed by atoms with Crippen molar-refractivity contribution >= 4 is 10.9 Å². The number of fused-ring (bicyclic) bond motifs is 1. The van der Waals surface area contributed by atoms with Gasteiger partial charge in [0.25, 0.3) is 0 Å². The summed E-state index contributed by atoms with van der Waals surface area (Å²) >= 11 is 0. The summed E-state index contributed by atoms with van der Waals surface area (Å²) in [6, 6.07) is 8.02. The van der Waals surface area contributed by atoms with Crippen molar-refractivity contribution in [3.63, 3.8) is 0 Å². The predicted molar refractivity (Wildman–Crippen MR) is 124 cm³/mol. The molecule has 0 amide bonds. The molecule has 1 aromatic carbocycles. The molecule has 0 spiro atoms. The molecule has 6 rings (SSSR count). The Hall–Kier alpha value is -4.11. The van der Waals surface area contributed by atoms with Gasteiger partial charge in [0.1, 0.15) is 6.10 Å². The van der Waals surface area contributed by atoms with Crippen LogP contribution in [0.15, 0.2) is 67.6 Å². The molecule has 0 aliphatic carbocycles. The molecule has 1 aliphatic rings. The van der Waals surface area contributed by atoms with Crippen molar-refractivity contribution in [3.05, 3.63) is 67.6 Å². The minimum Gasteiger partial charge on any atom is -0.472 e. The van der Waals surface area contributed by atoms with Gasteiger partial charge in [0.05, 0.1) is 36.2 Å². The van der Waals surface area contributed by atoms with Gasteiger partial charge < -0.3 is 15.0 Å². The summed E-state index contributed by atoms with van der Waals surface area (Å²) in [6.45, 7) is 1.88. The molecule has 1 saturated heterocycles. The topological polar surface area (TPSA) is 106 Å². The van der Waals surface area contributed by atoms with Crippen LogP contribution < -0.4 is 10.1 Å². The molecule has 0 saturated carbocycles. The summed E-state index contributed by atoms with van der Waals surface area (Å²) < 4.78 is 7.75. The molecule has 0 radical (unpaired) electrons. The maximum absolute atomic E-state index is 6.07. The highest BCUT2D eigenvalue weighted by atomic mass is 16.5. The number of rotatable bonds is 5. The van der Waals surface area contributed by atoms with Crippen LogP contribution >= 0.6 is 0 Å². The number of aromatic nitrogens is 7. The van der Waals surface area contributed by atoms with E-state index >= 15 is 0 Å². The highest BCUT2D eigenvalue weighted by Gasteiger charge is 2.16. The average molecular weight is 438 g/mol. The molecule has 9 nitrogen and oxygen atoms in total. The van der Waals surface area contributed by atoms with E-state index in [0.29, 0.717) is 11.7 Å². The van der Waals surface area contributed by atoms with Gasteiger partial charge >= 0.3 is 0 Å². The number of hydrogen-bond donors (Lipinski definition) is 2. The van der Waals surface area contributed by atoms with Gasteiger partial charge in [-0.3, -0.25) is 9.97 Å². The third-order valence-electron chi connectivity index (χ3n) is 5.78. The first-order valence-electron chi connectivity index (χ1n) is 11.0. The van der Waals surface area contributed by atoms with E-state index in [9.17, 15) is 0 Å². The summed E-state index contributed by atoms with van der Waals surface area (Å²) in [5, 5.41) is 8.59. The van der Waals surface area contributed by atoms with E-state index in [4.69, 9.17) is 9.72 Å². The van der Waals surface area contributed by atoms with Crippen molar-refractivity contribution < 1.29 is 4.74 Å². The highest BCUT2D eigenvalue weighted by Crippen LogP contribution is 2.31. The van der Waals surface area contributed by atoms with E-state index in [2.05, 4.69) is 36.4 Å². The Morgan fingerprint density at radius 3 is 2.88 bits per heavy atom. The molecule has 5 heterocycles. The molecule has 4 aromatic heterocycles. The lowest BCUT2D eigenvalue weighted by atomic mass is 10.1. The van der Waals surface area contributed by atoms with Gasteiger partial charge in [-0.1, -0.05) is 6.07 Å². The zero-order valence-electron chi connectivity index (χ0n) is 17.8. The number of benzene rings is 1. The van der Waals surface area contributed by atoms with Crippen LogP contribution in [-0.4, -0.2) is 53.9 Å². The van der Waals surface area contributed by atoms with Crippen LogP contribution in [-0.2, 0) is 0 Å². The van der Waals surface area contributed by atoms with E-state index in [-0.39, 0.29) is 6.10 Å². The van der Waals surface area contributed by atoms with Crippen LogP contribution in [0.3, 0.4) is 0 Å². The molecule has 1 atom stereocenters. The molecule has 2 N–H and O–H groups in total. The fraction of sp³-hybridized carbons (Fsp3) is 0.208. The molecule has 0 bridgehead atoms. The first kappa shape index (κ1) is 19.6. The van der Waals surface area contributed by atoms with Gasteiger partial charge in [-0.15, -0.1) is 0 Å². The molecule has 0 unspecified atom stereocenters.